The first-order valence-electron chi connectivity index (χ1n) is 9.47. The van der Waals surface area contributed by atoms with Crippen LogP contribution < -0.4 is 10.1 Å². The summed E-state index contributed by atoms with van der Waals surface area (Å²) in [5.74, 6) is 0.458. The third kappa shape index (κ3) is 5.43. The molecule has 3 rings (SSSR count). The van der Waals surface area contributed by atoms with E-state index in [1.807, 2.05) is 0 Å². The lowest BCUT2D eigenvalue weighted by Gasteiger charge is -2.25. The van der Waals surface area contributed by atoms with Crippen molar-refractivity contribution in [2.24, 2.45) is 0 Å². The van der Waals surface area contributed by atoms with Gasteiger partial charge in [0.2, 0.25) is 11.8 Å². The van der Waals surface area contributed by atoms with Crippen molar-refractivity contribution in [1.82, 2.24) is 20.1 Å². The number of halogens is 2. The Balaban J connectivity index is 1.57. The van der Waals surface area contributed by atoms with E-state index in [0.29, 0.717) is 31.0 Å². The first-order valence-corrected chi connectivity index (χ1v) is 9.47. The number of H-pyrrole nitrogens is 1. The summed E-state index contributed by atoms with van der Waals surface area (Å²) in [7, 11) is 1.49. The molecule has 2 amide bonds. The molecule has 2 aromatic heterocycles. The van der Waals surface area contributed by atoms with Crippen LogP contribution in [0.4, 0.5) is 19.4 Å². The van der Waals surface area contributed by atoms with Crippen molar-refractivity contribution >= 4 is 17.8 Å². The second-order valence-electron chi connectivity index (χ2n) is 7.13. The molecule has 0 unspecified atom stereocenters. The standard InChI is InChI=1S/C19H23F2N5O4/c1-30-18-7-11(4-5-22-18)6-17(27)23-16-9-14(24-25-16)12-2-3-13(8-12)26(19(28)29)10-15(20)21/h4-5,7,9,12-13,15H,2-3,6,8,10H2,1H3,(H,28,29)(H2,23,24,25,27)/t12-,13+/m0/s1. The zero-order valence-electron chi connectivity index (χ0n) is 16.3. The summed E-state index contributed by atoms with van der Waals surface area (Å²) in [6.07, 6.45) is -0.822. The number of carbonyl (C=O) groups excluding carboxylic acids is 1. The summed E-state index contributed by atoms with van der Waals surface area (Å²) in [6.45, 7) is -0.795. The highest BCUT2D eigenvalue weighted by Gasteiger charge is 2.34. The van der Waals surface area contributed by atoms with Gasteiger partial charge in [-0.3, -0.25) is 14.8 Å². The van der Waals surface area contributed by atoms with Gasteiger partial charge in [0.05, 0.1) is 20.1 Å². The van der Waals surface area contributed by atoms with Crippen LogP contribution in [0.1, 0.15) is 36.4 Å². The van der Waals surface area contributed by atoms with E-state index in [9.17, 15) is 23.5 Å². The number of anilines is 1. The Hall–Kier alpha value is -3.24. The average molecular weight is 423 g/mol. The summed E-state index contributed by atoms with van der Waals surface area (Å²) >= 11 is 0. The fourth-order valence-electron chi connectivity index (χ4n) is 3.71. The van der Waals surface area contributed by atoms with Crippen LogP contribution in [-0.4, -0.2) is 63.3 Å². The lowest BCUT2D eigenvalue weighted by Crippen LogP contribution is -2.41. The molecule has 9 nitrogen and oxygen atoms in total. The third-order valence-electron chi connectivity index (χ3n) is 5.10. The highest BCUT2D eigenvalue weighted by molar-refractivity contribution is 5.91. The number of nitrogens with zero attached hydrogens (tertiary/aromatic N) is 3. The van der Waals surface area contributed by atoms with Gasteiger partial charge >= 0.3 is 6.09 Å². The Morgan fingerprint density at radius 1 is 1.40 bits per heavy atom. The van der Waals surface area contributed by atoms with Crippen LogP contribution in [0.2, 0.25) is 0 Å². The average Bonchev–Trinajstić information content (AvgIpc) is 3.35. The molecule has 2 aromatic rings. The second kappa shape index (κ2) is 9.51. The van der Waals surface area contributed by atoms with Crippen LogP contribution in [-0.2, 0) is 11.2 Å². The number of rotatable bonds is 8. The minimum atomic E-state index is -2.71. The molecule has 0 saturated heterocycles. The van der Waals surface area contributed by atoms with Gasteiger partial charge in [-0.05, 0) is 30.9 Å². The lowest BCUT2D eigenvalue weighted by molar-refractivity contribution is -0.115. The SMILES string of the molecule is COc1cc(CC(=O)Nc2cc([C@H]3CC[C@@H](N(CC(F)F)C(=O)O)C3)[nH]n2)ccn1. The molecular formula is C19H23F2N5O4. The Morgan fingerprint density at radius 3 is 2.90 bits per heavy atom. The number of hydrogen-bond donors (Lipinski definition) is 3. The van der Waals surface area contributed by atoms with Crippen molar-refractivity contribution in [3.05, 3.63) is 35.7 Å². The number of methoxy groups -OCH3 is 1. The molecule has 11 heteroatoms. The van der Waals surface area contributed by atoms with Crippen molar-refractivity contribution in [3.63, 3.8) is 0 Å². The fourth-order valence-corrected chi connectivity index (χ4v) is 3.71. The largest absolute Gasteiger partial charge is 0.481 e. The second-order valence-corrected chi connectivity index (χ2v) is 7.13. The lowest BCUT2D eigenvalue weighted by atomic mass is 10.0. The maximum absolute atomic E-state index is 12.7. The number of pyridine rings is 1. The van der Waals surface area contributed by atoms with E-state index in [0.717, 1.165) is 16.2 Å². The molecule has 1 fully saturated rings. The van der Waals surface area contributed by atoms with E-state index < -0.39 is 25.1 Å². The number of amides is 2. The van der Waals surface area contributed by atoms with Crippen LogP contribution in [0, 0.1) is 0 Å². The number of aromatic nitrogens is 3. The molecule has 2 heterocycles. The van der Waals surface area contributed by atoms with E-state index >= 15 is 0 Å². The molecule has 0 bridgehead atoms. The number of ether oxygens (including phenoxy) is 1. The van der Waals surface area contributed by atoms with Gasteiger partial charge in [0.15, 0.2) is 5.82 Å². The molecule has 1 aliphatic rings. The van der Waals surface area contributed by atoms with Crippen molar-refractivity contribution in [2.45, 2.75) is 44.1 Å². The third-order valence-corrected chi connectivity index (χ3v) is 5.10. The molecular weight excluding hydrogens is 400 g/mol. The van der Waals surface area contributed by atoms with Gasteiger partial charge < -0.3 is 15.2 Å². The maximum atomic E-state index is 12.7. The quantitative estimate of drug-likeness (QED) is 0.600. The van der Waals surface area contributed by atoms with Crippen molar-refractivity contribution < 1.29 is 28.2 Å². The van der Waals surface area contributed by atoms with Gasteiger partial charge in [-0.2, -0.15) is 5.10 Å². The van der Waals surface area contributed by atoms with Crippen molar-refractivity contribution in [2.75, 3.05) is 19.0 Å². The molecule has 1 aliphatic carbocycles. The van der Waals surface area contributed by atoms with Gasteiger partial charge in [-0.15, -0.1) is 0 Å². The molecule has 0 aromatic carbocycles. The van der Waals surface area contributed by atoms with Gasteiger partial charge in [0.1, 0.15) is 0 Å². The summed E-state index contributed by atoms with van der Waals surface area (Å²) in [4.78, 5) is 28.4. The summed E-state index contributed by atoms with van der Waals surface area (Å²) in [5, 5.41) is 18.9. The van der Waals surface area contributed by atoms with Crippen LogP contribution in [0.3, 0.4) is 0 Å². The molecule has 2 atom stereocenters. The maximum Gasteiger partial charge on any atom is 0.407 e. The topological polar surface area (TPSA) is 120 Å². The molecule has 162 valence electrons. The molecule has 30 heavy (non-hydrogen) atoms. The van der Waals surface area contributed by atoms with E-state index in [1.165, 1.54) is 7.11 Å². The molecule has 1 saturated carbocycles. The number of alkyl halides is 2. The van der Waals surface area contributed by atoms with Gasteiger partial charge in [-0.25, -0.2) is 18.6 Å². The Kier molecular flexibility index (Phi) is 6.80. The Labute approximate surface area is 171 Å². The van der Waals surface area contributed by atoms with E-state index in [4.69, 9.17) is 4.74 Å². The van der Waals surface area contributed by atoms with Crippen LogP contribution in [0.15, 0.2) is 24.4 Å². The number of nitrogens with one attached hydrogen (secondary N) is 2. The van der Waals surface area contributed by atoms with Crippen LogP contribution in [0.25, 0.3) is 0 Å². The first-order chi connectivity index (χ1) is 14.4. The zero-order valence-corrected chi connectivity index (χ0v) is 16.3. The van der Waals surface area contributed by atoms with Gasteiger partial charge in [-0.1, -0.05) is 0 Å². The predicted molar refractivity (Wildman–Crippen MR) is 103 cm³/mol. The molecule has 0 aliphatic heterocycles. The van der Waals surface area contributed by atoms with E-state index in [2.05, 4.69) is 20.5 Å². The van der Waals surface area contributed by atoms with Crippen LogP contribution in [0.5, 0.6) is 5.88 Å². The minimum absolute atomic E-state index is 0.0443. The van der Waals surface area contributed by atoms with Crippen molar-refractivity contribution in [1.29, 1.82) is 0 Å². The van der Waals surface area contributed by atoms with Crippen molar-refractivity contribution in [3.8, 4) is 5.88 Å². The molecule has 0 radical (unpaired) electrons. The number of carboxylic acid groups (broad SMARTS) is 1. The number of hydrogen-bond acceptors (Lipinski definition) is 5. The fraction of sp³-hybridized carbons (Fsp3) is 0.474. The highest BCUT2D eigenvalue weighted by atomic mass is 19.3. The van der Waals surface area contributed by atoms with E-state index in [1.54, 1.807) is 24.4 Å². The van der Waals surface area contributed by atoms with E-state index in [-0.39, 0.29) is 18.2 Å². The summed E-state index contributed by atoms with van der Waals surface area (Å²) in [5.41, 5.74) is 1.47. The predicted octanol–water partition coefficient (Wildman–Crippen LogP) is 2.88. The van der Waals surface area contributed by atoms with Gasteiger partial charge in [0.25, 0.3) is 6.43 Å². The smallest absolute Gasteiger partial charge is 0.407 e. The van der Waals surface area contributed by atoms with Crippen LogP contribution >= 0.6 is 0 Å². The molecule has 3 N–H and O–H groups in total. The Bertz CT molecular complexity index is 891. The Morgan fingerprint density at radius 2 is 2.20 bits per heavy atom. The summed E-state index contributed by atoms with van der Waals surface area (Å²) in [6, 6.07) is 4.60. The zero-order chi connectivity index (χ0) is 21.7. The highest BCUT2D eigenvalue weighted by Crippen LogP contribution is 2.37. The normalized spacial score (nSPS) is 18.4. The monoisotopic (exact) mass is 423 g/mol. The number of aromatic amines is 1. The van der Waals surface area contributed by atoms with Gasteiger partial charge in [0, 0.05) is 36.0 Å². The molecule has 0 spiro atoms. The first kappa shape index (κ1) is 21.5. The minimum Gasteiger partial charge on any atom is -0.481 e. The number of carbonyl (C=O) groups is 2. The summed E-state index contributed by atoms with van der Waals surface area (Å²) < 4.78 is 30.4.